The zero-order valence-corrected chi connectivity index (χ0v) is 26.0. The van der Waals surface area contributed by atoms with Gasteiger partial charge in [-0.3, -0.25) is 14.4 Å². The van der Waals surface area contributed by atoms with E-state index in [0.29, 0.717) is 39.0 Å². The average Bonchev–Trinajstić information content (AvgIpc) is 3.56. The largest absolute Gasteiger partial charge is 0.462 e. The van der Waals surface area contributed by atoms with E-state index in [1.54, 1.807) is 0 Å². The molecule has 4 rings (SSSR count). The summed E-state index contributed by atoms with van der Waals surface area (Å²) >= 11 is 0. The first-order chi connectivity index (χ1) is 20.8. The van der Waals surface area contributed by atoms with Crippen LogP contribution in [0.5, 0.6) is 0 Å². The lowest BCUT2D eigenvalue weighted by Crippen LogP contribution is -2.58. The maximum absolute atomic E-state index is 13.7. The first-order valence-corrected chi connectivity index (χ1v) is 15.4. The first kappa shape index (κ1) is 34.9. The van der Waals surface area contributed by atoms with E-state index in [1.807, 2.05) is 6.08 Å². The van der Waals surface area contributed by atoms with Crippen LogP contribution in [0.1, 0.15) is 98.3 Å². The van der Waals surface area contributed by atoms with Gasteiger partial charge in [0, 0.05) is 46.5 Å². The third-order valence-corrected chi connectivity index (χ3v) is 10.1. The van der Waals surface area contributed by atoms with Crippen LogP contribution >= 0.6 is 0 Å². The molecule has 0 heterocycles. The van der Waals surface area contributed by atoms with Crippen molar-refractivity contribution in [3.05, 3.63) is 23.3 Å². The van der Waals surface area contributed by atoms with Crippen molar-refractivity contribution in [2.45, 2.75) is 128 Å². The first-order valence-electron chi connectivity index (χ1n) is 15.4. The Morgan fingerprint density at radius 2 is 1.44 bits per heavy atom. The topological polar surface area (TPSA) is 78.9 Å². The lowest BCUT2D eigenvalue weighted by molar-refractivity contribution is -0.345. The molecule has 0 saturated heterocycles. The Morgan fingerprint density at radius 1 is 0.867 bits per heavy atom. The van der Waals surface area contributed by atoms with Crippen molar-refractivity contribution in [1.29, 1.82) is 0 Å². The van der Waals surface area contributed by atoms with Crippen LogP contribution in [0.15, 0.2) is 23.3 Å². The second-order valence-corrected chi connectivity index (χ2v) is 13.3. The van der Waals surface area contributed by atoms with E-state index in [0.717, 1.165) is 37.7 Å². The predicted octanol–water partition coefficient (Wildman–Crippen LogP) is 7.70. The van der Waals surface area contributed by atoms with E-state index in [-0.39, 0.29) is 23.7 Å². The maximum atomic E-state index is 13.7. The SMILES string of the molecule is CC(=O)OC1CC(=CC=C2CCC[C@@]3(C)C2CCC3C2(CC#CC(OC(C)=O)(C(F)(F)F)C(F)(F)F)CC2)C[C@@H](OC(C)=O)C1. The summed E-state index contributed by atoms with van der Waals surface area (Å²) in [7, 11) is 0. The van der Waals surface area contributed by atoms with Gasteiger partial charge in [0.05, 0.1) is 0 Å². The van der Waals surface area contributed by atoms with Crippen molar-refractivity contribution in [2.75, 3.05) is 0 Å². The van der Waals surface area contributed by atoms with Gasteiger partial charge >= 0.3 is 35.9 Å². The minimum atomic E-state index is -5.96. The quantitative estimate of drug-likeness (QED) is 0.127. The summed E-state index contributed by atoms with van der Waals surface area (Å²) in [6.07, 6.45) is -1.68. The fourth-order valence-corrected chi connectivity index (χ4v) is 8.20. The molecule has 4 saturated carbocycles. The molecule has 0 aromatic heterocycles. The van der Waals surface area contributed by atoms with Gasteiger partial charge < -0.3 is 14.2 Å². The molecule has 250 valence electrons. The molecule has 4 aliphatic carbocycles. The van der Waals surface area contributed by atoms with Crippen LogP contribution in [0, 0.1) is 34.5 Å². The van der Waals surface area contributed by atoms with Gasteiger partial charge in [-0.2, -0.15) is 26.3 Å². The highest BCUT2D eigenvalue weighted by Crippen LogP contribution is 2.69. The fraction of sp³-hybridized carbons (Fsp3) is 0.727. The summed E-state index contributed by atoms with van der Waals surface area (Å²) in [5.74, 6) is 1.23. The van der Waals surface area contributed by atoms with E-state index in [4.69, 9.17) is 9.47 Å². The fourth-order valence-electron chi connectivity index (χ4n) is 8.20. The van der Waals surface area contributed by atoms with E-state index in [9.17, 15) is 40.7 Å². The third-order valence-electron chi connectivity index (χ3n) is 10.1. The number of rotatable bonds is 6. The van der Waals surface area contributed by atoms with E-state index < -0.39 is 53.5 Å². The Labute approximate surface area is 259 Å². The Kier molecular flexibility index (Phi) is 9.83. The molecule has 0 radical (unpaired) electrons. The summed E-state index contributed by atoms with van der Waals surface area (Å²) in [4.78, 5) is 34.5. The van der Waals surface area contributed by atoms with Gasteiger partial charge in [-0.15, -0.1) is 0 Å². The van der Waals surface area contributed by atoms with Crippen molar-refractivity contribution in [3.8, 4) is 11.8 Å². The monoisotopic (exact) mass is 646 g/mol. The molecule has 0 aromatic carbocycles. The molecular formula is C33H40F6O6. The summed E-state index contributed by atoms with van der Waals surface area (Å²) in [5, 5.41) is 0. The standard InChI is InChI=1S/C33H40F6O6/c1-20(40)43-25-17-23(18-26(19-25)44-21(2)41)8-9-24-7-5-12-29(4)27(24)10-11-28(29)30(15-16-30)13-6-14-31(32(34,35)36,33(37,38)39)45-22(3)42/h8-9,25-28H,5,7,10-13,15-19H2,1-4H3/t25-,26?,27?,28?,29+/m1/s1. The minimum absolute atomic E-state index is 0.0666. The van der Waals surface area contributed by atoms with Crippen LogP contribution in [0.25, 0.3) is 0 Å². The number of alkyl halides is 6. The summed E-state index contributed by atoms with van der Waals surface area (Å²) in [6, 6.07) is 0. The molecule has 0 aliphatic heterocycles. The van der Waals surface area contributed by atoms with Gasteiger partial charge in [-0.25, -0.2) is 0 Å². The Balaban J connectivity index is 1.55. The molecule has 3 unspecified atom stereocenters. The van der Waals surface area contributed by atoms with Crippen molar-refractivity contribution in [3.63, 3.8) is 0 Å². The smallest absolute Gasteiger partial charge is 0.450 e. The van der Waals surface area contributed by atoms with Crippen molar-refractivity contribution >= 4 is 17.9 Å². The molecule has 0 N–H and O–H groups in total. The van der Waals surface area contributed by atoms with Crippen LogP contribution in [-0.4, -0.2) is 48.1 Å². The molecule has 6 nitrogen and oxygen atoms in total. The van der Waals surface area contributed by atoms with E-state index in [2.05, 4.69) is 23.7 Å². The summed E-state index contributed by atoms with van der Waals surface area (Å²) in [6.45, 7) is 5.33. The van der Waals surface area contributed by atoms with Gasteiger partial charge in [-0.05, 0) is 73.5 Å². The van der Waals surface area contributed by atoms with Crippen LogP contribution < -0.4 is 0 Å². The highest BCUT2D eigenvalue weighted by Gasteiger charge is 2.74. The molecule has 45 heavy (non-hydrogen) atoms. The zero-order valence-electron chi connectivity index (χ0n) is 26.0. The Bertz CT molecular complexity index is 1260. The molecule has 0 spiro atoms. The highest BCUT2D eigenvalue weighted by molar-refractivity contribution is 5.67. The number of fused-ring (bicyclic) bond motifs is 1. The molecule has 12 heteroatoms. The average molecular weight is 647 g/mol. The second-order valence-electron chi connectivity index (χ2n) is 13.3. The number of allylic oxidation sites excluding steroid dienone is 3. The van der Waals surface area contributed by atoms with Gasteiger partial charge in [-0.1, -0.05) is 36.1 Å². The second kappa shape index (κ2) is 12.7. The maximum Gasteiger partial charge on any atom is 0.450 e. The van der Waals surface area contributed by atoms with E-state index >= 15 is 0 Å². The lowest BCUT2D eigenvalue weighted by Gasteiger charge is -2.45. The molecule has 4 aliphatic rings. The summed E-state index contributed by atoms with van der Waals surface area (Å²) < 4.78 is 96.9. The molecule has 0 amide bonds. The van der Waals surface area contributed by atoms with Crippen LogP contribution in [0.2, 0.25) is 0 Å². The molecule has 0 aromatic rings. The van der Waals surface area contributed by atoms with Gasteiger partial charge in [0.1, 0.15) is 12.2 Å². The van der Waals surface area contributed by atoms with Crippen LogP contribution in [0.3, 0.4) is 0 Å². The summed E-state index contributed by atoms with van der Waals surface area (Å²) in [5.41, 5.74) is -3.33. The van der Waals surface area contributed by atoms with Crippen molar-refractivity contribution < 1.29 is 54.9 Å². The molecule has 5 atom stereocenters. The van der Waals surface area contributed by atoms with Crippen LogP contribution in [0.4, 0.5) is 26.3 Å². The number of hydrogen-bond donors (Lipinski definition) is 0. The normalized spacial score (nSPS) is 31.4. The van der Waals surface area contributed by atoms with Gasteiger partial charge in [0.15, 0.2) is 0 Å². The van der Waals surface area contributed by atoms with Crippen LogP contribution in [-0.2, 0) is 28.6 Å². The highest BCUT2D eigenvalue weighted by atomic mass is 19.4. The zero-order chi connectivity index (χ0) is 33.4. The van der Waals surface area contributed by atoms with Crippen molar-refractivity contribution in [2.24, 2.45) is 22.7 Å². The third kappa shape index (κ3) is 7.38. The van der Waals surface area contributed by atoms with Crippen molar-refractivity contribution in [1.82, 2.24) is 0 Å². The number of carbonyl (C=O) groups is 3. The number of esters is 3. The Morgan fingerprint density at radius 3 is 1.93 bits per heavy atom. The van der Waals surface area contributed by atoms with Gasteiger partial charge in [0.2, 0.25) is 0 Å². The number of halogens is 6. The van der Waals surface area contributed by atoms with Gasteiger partial charge in [0.25, 0.3) is 0 Å². The molecule has 4 fully saturated rings. The predicted molar refractivity (Wildman–Crippen MR) is 150 cm³/mol. The van der Waals surface area contributed by atoms with E-state index in [1.165, 1.54) is 25.3 Å². The lowest BCUT2D eigenvalue weighted by atomic mass is 9.59. The number of ether oxygens (including phenoxy) is 3. The number of hydrogen-bond acceptors (Lipinski definition) is 6. The minimum Gasteiger partial charge on any atom is -0.462 e. The number of carbonyl (C=O) groups excluding carboxylic acids is 3. The molecule has 0 bridgehead atoms. The Hall–Kier alpha value is -2.97. The molecular weight excluding hydrogens is 606 g/mol.